The zero-order valence-electron chi connectivity index (χ0n) is 11.6. The van der Waals surface area contributed by atoms with E-state index < -0.39 is 0 Å². The van der Waals surface area contributed by atoms with Crippen LogP contribution in [0, 0.1) is 6.92 Å². The Morgan fingerprint density at radius 2 is 2.00 bits per heavy atom. The highest BCUT2D eigenvalue weighted by molar-refractivity contribution is 6.31. The lowest BCUT2D eigenvalue weighted by molar-refractivity contribution is 0.102. The molecule has 0 spiro atoms. The molecule has 2 aromatic rings. The summed E-state index contributed by atoms with van der Waals surface area (Å²) in [7, 11) is 0. The van der Waals surface area contributed by atoms with Crippen LogP contribution >= 0.6 is 11.6 Å². The number of benzene rings is 1. The van der Waals surface area contributed by atoms with Gasteiger partial charge in [-0.25, -0.2) is 9.97 Å². The number of hydrogen-bond acceptors (Lipinski definition) is 4. The van der Waals surface area contributed by atoms with Gasteiger partial charge in [0.1, 0.15) is 0 Å². The number of nitrogens with one attached hydrogen (secondary N) is 2. The lowest BCUT2D eigenvalue weighted by Gasteiger charge is -2.09. The van der Waals surface area contributed by atoms with Crippen LogP contribution in [0.1, 0.15) is 28.8 Å². The van der Waals surface area contributed by atoms with E-state index in [2.05, 4.69) is 20.6 Å². The van der Waals surface area contributed by atoms with Crippen LogP contribution in [0.4, 0.5) is 11.6 Å². The van der Waals surface area contributed by atoms with Gasteiger partial charge in [-0.3, -0.25) is 4.79 Å². The van der Waals surface area contributed by atoms with E-state index in [1.807, 2.05) is 13.0 Å². The number of carbonyl (C=O) groups excluding carboxylic acids is 1. The predicted octanol–water partition coefficient (Wildman–Crippen LogP) is 3.27. The van der Waals surface area contributed by atoms with Gasteiger partial charge in [-0.1, -0.05) is 17.7 Å². The second kappa shape index (κ2) is 5.69. The largest absolute Gasteiger partial charge is 0.351 e. The monoisotopic (exact) mass is 302 g/mol. The van der Waals surface area contributed by atoms with E-state index in [4.69, 9.17) is 11.6 Å². The number of amides is 1. The zero-order chi connectivity index (χ0) is 14.8. The summed E-state index contributed by atoms with van der Waals surface area (Å²) in [6, 6.07) is 5.87. The molecule has 3 rings (SSSR count). The molecule has 1 aromatic carbocycles. The molecule has 0 aliphatic heterocycles. The molecule has 1 saturated carbocycles. The fourth-order valence-electron chi connectivity index (χ4n) is 1.87. The first-order chi connectivity index (χ1) is 10.1. The first kappa shape index (κ1) is 13.8. The Balaban J connectivity index is 1.70. The van der Waals surface area contributed by atoms with Gasteiger partial charge in [0.25, 0.3) is 5.91 Å². The smallest absolute Gasteiger partial charge is 0.258 e. The Hall–Kier alpha value is -2.14. The molecule has 2 N–H and O–H groups in total. The van der Waals surface area contributed by atoms with Crippen molar-refractivity contribution < 1.29 is 4.79 Å². The number of anilines is 2. The molecule has 1 heterocycles. The molecule has 1 aromatic heterocycles. The molecule has 6 heteroatoms. The molecular weight excluding hydrogens is 288 g/mol. The Kier molecular flexibility index (Phi) is 3.75. The Labute approximate surface area is 127 Å². The topological polar surface area (TPSA) is 66.9 Å². The SMILES string of the molecule is Cc1c(Cl)cccc1NC(=O)c1cnc(NC2CC2)nc1. The molecule has 0 unspecified atom stereocenters. The first-order valence-electron chi connectivity index (χ1n) is 6.78. The van der Waals surface area contributed by atoms with Crippen LogP contribution in [0.15, 0.2) is 30.6 Å². The highest BCUT2D eigenvalue weighted by Crippen LogP contribution is 2.24. The van der Waals surface area contributed by atoms with Crippen molar-refractivity contribution >= 4 is 29.1 Å². The summed E-state index contributed by atoms with van der Waals surface area (Å²) in [4.78, 5) is 20.5. The maximum Gasteiger partial charge on any atom is 0.258 e. The fourth-order valence-corrected chi connectivity index (χ4v) is 2.04. The van der Waals surface area contributed by atoms with Crippen molar-refractivity contribution in [2.75, 3.05) is 10.6 Å². The van der Waals surface area contributed by atoms with E-state index in [1.165, 1.54) is 12.4 Å². The first-order valence-corrected chi connectivity index (χ1v) is 7.16. The maximum absolute atomic E-state index is 12.2. The van der Waals surface area contributed by atoms with Crippen LogP contribution in [0.2, 0.25) is 5.02 Å². The molecule has 108 valence electrons. The number of rotatable bonds is 4. The Morgan fingerprint density at radius 1 is 1.29 bits per heavy atom. The summed E-state index contributed by atoms with van der Waals surface area (Å²) in [5.74, 6) is 0.311. The molecule has 1 fully saturated rings. The van der Waals surface area contributed by atoms with Gasteiger partial charge in [0, 0.05) is 29.1 Å². The van der Waals surface area contributed by atoms with Gasteiger partial charge in [-0.15, -0.1) is 0 Å². The number of halogens is 1. The molecule has 1 amide bonds. The van der Waals surface area contributed by atoms with E-state index in [9.17, 15) is 4.79 Å². The van der Waals surface area contributed by atoms with E-state index in [0.717, 1.165) is 18.4 Å². The normalized spacial score (nSPS) is 13.8. The van der Waals surface area contributed by atoms with Gasteiger partial charge in [0.15, 0.2) is 0 Å². The maximum atomic E-state index is 12.2. The highest BCUT2D eigenvalue weighted by Gasteiger charge is 2.21. The molecule has 0 atom stereocenters. The predicted molar refractivity (Wildman–Crippen MR) is 82.8 cm³/mol. The van der Waals surface area contributed by atoms with E-state index in [-0.39, 0.29) is 5.91 Å². The van der Waals surface area contributed by atoms with Gasteiger partial charge < -0.3 is 10.6 Å². The second-order valence-electron chi connectivity index (χ2n) is 5.08. The van der Waals surface area contributed by atoms with Crippen molar-refractivity contribution in [3.8, 4) is 0 Å². The number of nitrogens with zero attached hydrogens (tertiary/aromatic N) is 2. The summed E-state index contributed by atoms with van der Waals surface area (Å²) in [6.45, 7) is 1.86. The van der Waals surface area contributed by atoms with Gasteiger partial charge in [-0.05, 0) is 37.5 Å². The average Bonchev–Trinajstić information content (AvgIpc) is 3.28. The Morgan fingerprint density at radius 3 is 2.67 bits per heavy atom. The van der Waals surface area contributed by atoms with Crippen LogP contribution in [0.25, 0.3) is 0 Å². The molecule has 1 aliphatic rings. The molecule has 0 radical (unpaired) electrons. The van der Waals surface area contributed by atoms with Gasteiger partial charge in [0.05, 0.1) is 5.56 Å². The summed E-state index contributed by atoms with van der Waals surface area (Å²) in [5.41, 5.74) is 1.93. The van der Waals surface area contributed by atoms with Crippen LogP contribution in [0.5, 0.6) is 0 Å². The quantitative estimate of drug-likeness (QED) is 0.909. The molecular formula is C15H15ClN4O. The van der Waals surface area contributed by atoms with Gasteiger partial charge in [0.2, 0.25) is 5.95 Å². The minimum Gasteiger partial charge on any atom is -0.351 e. The molecule has 0 bridgehead atoms. The highest BCUT2D eigenvalue weighted by atomic mass is 35.5. The summed E-state index contributed by atoms with van der Waals surface area (Å²) in [5, 5.41) is 6.61. The van der Waals surface area contributed by atoms with Crippen LogP contribution in [-0.4, -0.2) is 21.9 Å². The van der Waals surface area contributed by atoms with E-state index in [0.29, 0.717) is 28.3 Å². The molecule has 5 nitrogen and oxygen atoms in total. The average molecular weight is 303 g/mol. The lowest BCUT2D eigenvalue weighted by atomic mass is 10.2. The van der Waals surface area contributed by atoms with Crippen molar-refractivity contribution in [3.63, 3.8) is 0 Å². The van der Waals surface area contributed by atoms with Crippen molar-refractivity contribution in [2.45, 2.75) is 25.8 Å². The fraction of sp³-hybridized carbons (Fsp3) is 0.267. The standard InChI is InChI=1S/C15H15ClN4O/c1-9-12(16)3-2-4-13(9)20-14(21)10-7-17-15(18-8-10)19-11-5-6-11/h2-4,7-8,11H,5-6H2,1H3,(H,20,21)(H,17,18,19). The van der Waals surface area contributed by atoms with Crippen LogP contribution < -0.4 is 10.6 Å². The number of carbonyl (C=O) groups is 1. The van der Waals surface area contributed by atoms with Crippen molar-refractivity contribution in [3.05, 3.63) is 46.7 Å². The van der Waals surface area contributed by atoms with Crippen LogP contribution in [0.3, 0.4) is 0 Å². The summed E-state index contributed by atoms with van der Waals surface area (Å²) < 4.78 is 0. The number of aromatic nitrogens is 2. The molecule has 0 saturated heterocycles. The van der Waals surface area contributed by atoms with Crippen molar-refractivity contribution in [1.29, 1.82) is 0 Å². The minimum atomic E-state index is -0.252. The molecule has 21 heavy (non-hydrogen) atoms. The van der Waals surface area contributed by atoms with Crippen LogP contribution in [-0.2, 0) is 0 Å². The lowest BCUT2D eigenvalue weighted by Crippen LogP contribution is -2.14. The Bertz CT molecular complexity index is 668. The third-order valence-corrected chi connectivity index (χ3v) is 3.75. The van der Waals surface area contributed by atoms with Gasteiger partial charge in [-0.2, -0.15) is 0 Å². The van der Waals surface area contributed by atoms with Crippen molar-refractivity contribution in [2.24, 2.45) is 0 Å². The minimum absolute atomic E-state index is 0.252. The second-order valence-corrected chi connectivity index (χ2v) is 5.49. The third kappa shape index (κ3) is 3.31. The zero-order valence-corrected chi connectivity index (χ0v) is 12.3. The van der Waals surface area contributed by atoms with E-state index in [1.54, 1.807) is 12.1 Å². The molecule has 1 aliphatic carbocycles. The summed E-state index contributed by atoms with van der Waals surface area (Å²) in [6.07, 6.45) is 5.35. The summed E-state index contributed by atoms with van der Waals surface area (Å²) >= 11 is 6.03. The third-order valence-electron chi connectivity index (χ3n) is 3.34. The van der Waals surface area contributed by atoms with Gasteiger partial charge >= 0.3 is 0 Å². The number of hydrogen-bond donors (Lipinski definition) is 2. The van der Waals surface area contributed by atoms with Crippen molar-refractivity contribution in [1.82, 2.24) is 9.97 Å². The van der Waals surface area contributed by atoms with E-state index >= 15 is 0 Å².